The fourth-order valence-electron chi connectivity index (χ4n) is 2.57. The van der Waals surface area contributed by atoms with Crippen LogP contribution in [0.4, 0.5) is 0 Å². The van der Waals surface area contributed by atoms with E-state index in [1.165, 1.54) is 4.70 Å². The maximum atomic E-state index is 12.2. The third-order valence-electron chi connectivity index (χ3n) is 3.74. The summed E-state index contributed by atoms with van der Waals surface area (Å²) in [5.41, 5.74) is 0.814. The number of rotatable bonds is 3. The van der Waals surface area contributed by atoms with Crippen LogP contribution in [0.3, 0.4) is 0 Å². The zero-order valence-electron chi connectivity index (χ0n) is 10.8. The van der Waals surface area contributed by atoms with Gasteiger partial charge >= 0.3 is 0 Å². The maximum Gasteiger partial charge on any atom is 0.252 e. The number of carbonyl (C=O) groups is 1. The van der Waals surface area contributed by atoms with Crippen molar-refractivity contribution in [2.45, 2.75) is 12.8 Å². The van der Waals surface area contributed by atoms with Gasteiger partial charge in [-0.3, -0.25) is 4.79 Å². The van der Waals surface area contributed by atoms with Crippen molar-refractivity contribution in [3.63, 3.8) is 0 Å². The summed E-state index contributed by atoms with van der Waals surface area (Å²) in [7, 11) is 0. The monoisotopic (exact) mass is 274 g/mol. The van der Waals surface area contributed by atoms with Gasteiger partial charge < -0.3 is 10.6 Å². The summed E-state index contributed by atoms with van der Waals surface area (Å²) in [6.07, 6.45) is 2.31. The van der Waals surface area contributed by atoms with Crippen molar-refractivity contribution in [2.24, 2.45) is 5.92 Å². The number of piperidine rings is 1. The topological polar surface area (TPSA) is 41.1 Å². The standard InChI is InChI=1S/C15H18N2OS/c18-15(17-9-11-5-7-16-8-6-11)13-10-19-14-4-2-1-3-12(13)14/h1-4,10-11,16H,5-9H2,(H,17,18). The van der Waals surface area contributed by atoms with Crippen LogP contribution in [0, 0.1) is 5.92 Å². The smallest absolute Gasteiger partial charge is 0.252 e. The summed E-state index contributed by atoms with van der Waals surface area (Å²) < 4.78 is 1.18. The molecule has 0 atom stereocenters. The van der Waals surface area contributed by atoms with Gasteiger partial charge in [0.05, 0.1) is 5.56 Å². The molecule has 2 N–H and O–H groups in total. The molecule has 1 aliphatic rings. The van der Waals surface area contributed by atoms with Crippen LogP contribution in [0.25, 0.3) is 10.1 Å². The molecule has 0 aliphatic carbocycles. The summed E-state index contributed by atoms with van der Waals surface area (Å²) in [6, 6.07) is 8.07. The number of benzene rings is 1. The summed E-state index contributed by atoms with van der Waals surface area (Å²) in [4.78, 5) is 12.2. The maximum absolute atomic E-state index is 12.2. The molecule has 3 rings (SSSR count). The highest BCUT2D eigenvalue weighted by atomic mass is 32.1. The zero-order chi connectivity index (χ0) is 13.1. The number of nitrogens with one attached hydrogen (secondary N) is 2. The molecule has 2 heterocycles. The first-order valence-electron chi connectivity index (χ1n) is 6.80. The third kappa shape index (κ3) is 2.80. The van der Waals surface area contributed by atoms with Crippen LogP contribution < -0.4 is 10.6 Å². The summed E-state index contributed by atoms with van der Waals surface area (Å²) in [6.45, 7) is 2.94. The van der Waals surface area contributed by atoms with Crippen molar-refractivity contribution in [3.05, 3.63) is 35.2 Å². The Hall–Kier alpha value is -1.39. The molecule has 1 amide bonds. The van der Waals surface area contributed by atoms with Gasteiger partial charge in [-0.05, 0) is 37.9 Å². The predicted molar refractivity (Wildman–Crippen MR) is 79.8 cm³/mol. The number of carbonyl (C=O) groups excluding carboxylic acids is 1. The van der Waals surface area contributed by atoms with Gasteiger partial charge in [0.1, 0.15) is 0 Å². The van der Waals surface area contributed by atoms with E-state index in [4.69, 9.17) is 0 Å². The van der Waals surface area contributed by atoms with Crippen molar-refractivity contribution >= 4 is 27.3 Å². The molecule has 19 heavy (non-hydrogen) atoms. The molecule has 0 radical (unpaired) electrons. The molecule has 1 aliphatic heterocycles. The molecule has 1 saturated heterocycles. The number of hydrogen-bond acceptors (Lipinski definition) is 3. The average molecular weight is 274 g/mol. The minimum absolute atomic E-state index is 0.0657. The first-order chi connectivity index (χ1) is 9.34. The Balaban J connectivity index is 1.66. The molecular formula is C15H18N2OS. The van der Waals surface area contributed by atoms with E-state index in [9.17, 15) is 4.79 Å². The van der Waals surface area contributed by atoms with Crippen molar-refractivity contribution in [1.29, 1.82) is 0 Å². The lowest BCUT2D eigenvalue weighted by molar-refractivity contribution is 0.0946. The molecule has 2 aromatic rings. The molecule has 4 heteroatoms. The molecule has 0 spiro atoms. The van der Waals surface area contributed by atoms with Crippen LogP contribution in [0.1, 0.15) is 23.2 Å². The molecule has 3 nitrogen and oxygen atoms in total. The van der Waals surface area contributed by atoms with E-state index >= 15 is 0 Å². The Kier molecular flexibility index (Phi) is 3.80. The lowest BCUT2D eigenvalue weighted by Crippen LogP contribution is -2.35. The van der Waals surface area contributed by atoms with Crippen LogP contribution in [-0.4, -0.2) is 25.5 Å². The van der Waals surface area contributed by atoms with Crippen molar-refractivity contribution in [1.82, 2.24) is 10.6 Å². The fraction of sp³-hybridized carbons (Fsp3) is 0.400. The van der Waals surface area contributed by atoms with E-state index in [1.807, 2.05) is 23.6 Å². The highest BCUT2D eigenvalue weighted by Crippen LogP contribution is 2.25. The van der Waals surface area contributed by atoms with E-state index in [-0.39, 0.29) is 5.91 Å². The Morgan fingerprint density at radius 3 is 2.95 bits per heavy atom. The van der Waals surface area contributed by atoms with Gasteiger partial charge in [0.2, 0.25) is 0 Å². The van der Waals surface area contributed by atoms with Gasteiger partial charge in [-0.1, -0.05) is 18.2 Å². The number of fused-ring (bicyclic) bond motifs is 1. The molecule has 1 aromatic carbocycles. The second-order valence-electron chi connectivity index (χ2n) is 5.05. The minimum Gasteiger partial charge on any atom is -0.352 e. The predicted octanol–water partition coefficient (Wildman–Crippen LogP) is 2.63. The minimum atomic E-state index is 0.0657. The summed E-state index contributed by atoms with van der Waals surface area (Å²) in [5, 5.41) is 9.46. The fourth-order valence-corrected chi connectivity index (χ4v) is 3.51. The van der Waals surface area contributed by atoms with Gasteiger partial charge in [0, 0.05) is 22.0 Å². The second-order valence-corrected chi connectivity index (χ2v) is 5.96. The molecule has 1 aromatic heterocycles. The van der Waals surface area contributed by atoms with E-state index in [0.717, 1.165) is 43.4 Å². The molecule has 1 fully saturated rings. The van der Waals surface area contributed by atoms with Gasteiger partial charge in [0.25, 0.3) is 5.91 Å². The third-order valence-corrected chi connectivity index (χ3v) is 4.70. The van der Waals surface area contributed by atoms with Crippen LogP contribution in [0.5, 0.6) is 0 Å². The highest BCUT2D eigenvalue weighted by Gasteiger charge is 2.16. The van der Waals surface area contributed by atoms with E-state index in [1.54, 1.807) is 11.3 Å². The van der Waals surface area contributed by atoms with Crippen molar-refractivity contribution < 1.29 is 4.79 Å². The lowest BCUT2D eigenvalue weighted by Gasteiger charge is -2.22. The van der Waals surface area contributed by atoms with Gasteiger partial charge in [-0.25, -0.2) is 0 Å². The second kappa shape index (κ2) is 5.72. The summed E-state index contributed by atoms with van der Waals surface area (Å²) >= 11 is 1.63. The van der Waals surface area contributed by atoms with Crippen LogP contribution >= 0.6 is 11.3 Å². The highest BCUT2D eigenvalue weighted by molar-refractivity contribution is 7.17. The summed E-state index contributed by atoms with van der Waals surface area (Å²) in [5.74, 6) is 0.686. The molecule has 100 valence electrons. The Bertz CT molecular complexity index is 572. The van der Waals surface area contributed by atoms with Crippen LogP contribution in [-0.2, 0) is 0 Å². The van der Waals surface area contributed by atoms with Crippen LogP contribution in [0.15, 0.2) is 29.6 Å². The van der Waals surface area contributed by atoms with E-state index in [0.29, 0.717) is 5.92 Å². The first kappa shape index (κ1) is 12.6. The number of amides is 1. The molecule has 0 unspecified atom stereocenters. The molecular weight excluding hydrogens is 256 g/mol. The normalized spacial score (nSPS) is 16.6. The zero-order valence-corrected chi connectivity index (χ0v) is 11.6. The van der Waals surface area contributed by atoms with Crippen LogP contribution in [0.2, 0.25) is 0 Å². The Morgan fingerprint density at radius 1 is 1.32 bits per heavy atom. The average Bonchev–Trinajstić information content (AvgIpc) is 2.90. The Labute approximate surface area is 117 Å². The first-order valence-corrected chi connectivity index (χ1v) is 7.68. The van der Waals surface area contributed by atoms with E-state index in [2.05, 4.69) is 16.7 Å². The van der Waals surface area contributed by atoms with E-state index < -0.39 is 0 Å². The van der Waals surface area contributed by atoms with Gasteiger partial charge in [-0.2, -0.15) is 0 Å². The quantitative estimate of drug-likeness (QED) is 0.903. The number of thiophene rings is 1. The number of hydrogen-bond donors (Lipinski definition) is 2. The largest absolute Gasteiger partial charge is 0.352 e. The van der Waals surface area contributed by atoms with Crippen molar-refractivity contribution in [2.75, 3.05) is 19.6 Å². The molecule has 0 bridgehead atoms. The molecule has 0 saturated carbocycles. The van der Waals surface area contributed by atoms with Gasteiger partial charge in [-0.15, -0.1) is 11.3 Å². The lowest BCUT2D eigenvalue weighted by atomic mass is 9.98. The Morgan fingerprint density at radius 2 is 2.11 bits per heavy atom. The van der Waals surface area contributed by atoms with Crippen molar-refractivity contribution in [3.8, 4) is 0 Å². The SMILES string of the molecule is O=C(NCC1CCNCC1)c1csc2ccccc12. The van der Waals surface area contributed by atoms with Gasteiger partial charge in [0.15, 0.2) is 0 Å².